The number of hydrogen-bond acceptors (Lipinski definition) is 5. The van der Waals surface area contributed by atoms with E-state index in [0.29, 0.717) is 6.42 Å². The van der Waals surface area contributed by atoms with E-state index in [1.807, 2.05) is 20.8 Å². The summed E-state index contributed by atoms with van der Waals surface area (Å²) >= 11 is 0. The number of amides is 1. The summed E-state index contributed by atoms with van der Waals surface area (Å²) in [7, 11) is 1.50. The molecule has 0 aromatic rings. The first-order chi connectivity index (χ1) is 8.87. The summed E-state index contributed by atoms with van der Waals surface area (Å²) < 4.78 is 11.0. The third-order valence-electron chi connectivity index (χ3n) is 2.82. The highest BCUT2D eigenvalue weighted by Gasteiger charge is 2.35. The fourth-order valence-electron chi connectivity index (χ4n) is 2.01. The van der Waals surface area contributed by atoms with Crippen molar-refractivity contribution >= 4 is 5.91 Å². The molecule has 0 aliphatic rings. The Morgan fingerprint density at radius 3 is 2.21 bits per heavy atom. The molecule has 19 heavy (non-hydrogen) atoms. The molecule has 0 spiro atoms. The van der Waals surface area contributed by atoms with Crippen LogP contribution in [0.1, 0.15) is 34.1 Å². The molecule has 0 aromatic carbocycles. The Labute approximate surface area is 115 Å². The second-order valence-corrected chi connectivity index (χ2v) is 4.81. The highest BCUT2D eigenvalue weighted by molar-refractivity contribution is 5.73. The summed E-state index contributed by atoms with van der Waals surface area (Å²) in [5.41, 5.74) is 0. The van der Waals surface area contributed by atoms with Gasteiger partial charge in [-0.05, 0) is 20.3 Å². The minimum absolute atomic E-state index is 0.126. The first-order valence-corrected chi connectivity index (χ1v) is 6.61. The molecule has 0 saturated heterocycles. The van der Waals surface area contributed by atoms with Crippen LogP contribution in [-0.4, -0.2) is 60.3 Å². The van der Waals surface area contributed by atoms with Gasteiger partial charge in [-0.3, -0.25) is 4.79 Å². The quantitative estimate of drug-likeness (QED) is 0.555. The van der Waals surface area contributed by atoms with E-state index in [0.717, 1.165) is 0 Å². The van der Waals surface area contributed by atoms with Crippen molar-refractivity contribution in [2.75, 3.05) is 13.7 Å². The SMILES string of the molecule is CCC(NC(C)=O)[C@@H](OC)[C@H](OC(C)C)C(O)CO. The molecule has 2 unspecified atom stereocenters. The summed E-state index contributed by atoms with van der Waals surface area (Å²) in [6.07, 6.45) is -1.78. The number of ether oxygens (including phenoxy) is 2. The molecule has 0 saturated carbocycles. The topological polar surface area (TPSA) is 88.0 Å². The van der Waals surface area contributed by atoms with Crippen LogP contribution in [0, 0.1) is 0 Å². The van der Waals surface area contributed by atoms with Crippen LogP contribution < -0.4 is 5.32 Å². The molecular weight excluding hydrogens is 250 g/mol. The Morgan fingerprint density at radius 1 is 1.32 bits per heavy atom. The Morgan fingerprint density at radius 2 is 1.89 bits per heavy atom. The van der Waals surface area contributed by atoms with Gasteiger partial charge < -0.3 is 25.0 Å². The molecule has 0 aliphatic carbocycles. The number of aliphatic hydroxyl groups excluding tert-OH is 2. The number of aliphatic hydroxyl groups is 2. The third-order valence-corrected chi connectivity index (χ3v) is 2.82. The maximum absolute atomic E-state index is 11.2. The second-order valence-electron chi connectivity index (χ2n) is 4.81. The molecular formula is C13H27NO5. The number of hydrogen-bond donors (Lipinski definition) is 3. The summed E-state index contributed by atoms with van der Waals surface area (Å²) in [5.74, 6) is -0.171. The van der Waals surface area contributed by atoms with Crippen LogP contribution in [0.25, 0.3) is 0 Å². The Hall–Kier alpha value is -0.690. The van der Waals surface area contributed by atoms with Gasteiger partial charge >= 0.3 is 0 Å². The molecule has 0 bridgehead atoms. The maximum atomic E-state index is 11.2. The van der Waals surface area contributed by atoms with Gasteiger partial charge in [0.05, 0.1) is 18.8 Å². The summed E-state index contributed by atoms with van der Waals surface area (Å²) in [6, 6.07) is -0.285. The molecule has 3 N–H and O–H groups in total. The largest absolute Gasteiger partial charge is 0.394 e. The van der Waals surface area contributed by atoms with E-state index < -0.39 is 24.9 Å². The second kappa shape index (κ2) is 9.25. The van der Waals surface area contributed by atoms with Crippen LogP contribution in [0.5, 0.6) is 0 Å². The molecule has 114 valence electrons. The fourth-order valence-corrected chi connectivity index (χ4v) is 2.01. The lowest BCUT2D eigenvalue weighted by molar-refractivity contribution is -0.150. The lowest BCUT2D eigenvalue weighted by Gasteiger charge is -2.35. The number of rotatable bonds is 9. The van der Waals surface area contributed by atoms with Crippen molar-refractivity contribution in [2.45, 2.75) is 64.6 Å². The minimum Gasteiger partial charge on any atom is -0.394 e. The molecule has 6 nitrogen and oxygen atoms in total. The molecule has 4 atom stereocenters. The molecule has 1 amide bonds. The number of nitrogens with one attached hydrogen (secondary N) is 1. The van der Waals surface area contributed by atoms with Gasteiger partial charge in [0.2, 0.25) is 5.91 Å². The normalized spacial score (nSPS) is 17.9. The Bertz CT molecular complexity index is 259. The van der Waals surface area contributed by atoms with E-state index in [2.05, 4.69) is 5.32 Å². The van der Waals surface area contributed by atoms with Gasteiger partial charge in [-0.15, -0.1) is 0 Å². The standard InChI is InChI=1S/C13H27NO5/c1-6-10(14-9(4)16)12(18-5)13(11(17)7-15)19-8(2)3/h8,10-13,15,17H,6-7H2,1-5H3,(H,14,16)/t10?,11?,12-,13-/m1/s1. The van der Waals surface area contributed by atoms with Crippen molar-refractivity contribution in [1.29, 1.82) is 0 Å². The van der Waals surface area contributed by atoms with E-state index in [9.17, 15) is 9.90 Å². The summed E-state index contributed by atoms with van der Waals surface area (Å²) in [5, 5.41) is 21.8. The first-order valence-electron chi connectivity index (χ1n) is 6.61. The van der Waals surface area contributed by atoms with Crippen molar-refractivity contribution in [3.05, 3.63) is 0 Å². The Kier molecular flexibility index (Phi) is 8.92. The highest BCUT2D eigenvalue weighted by Crippen LogP contribution is 2.16. The van der Waals surface area contributed by atoms with Crippen molar-refractivity contribution in [2.24, 2.45) is 0 Å². The molecule has 0 fully saturated rings. The predicted molar refractivity (Wildman–Crippen MR) is 71.8 cm³/mol. The van der Waals surface area contributed by atoms with Gasteiger partial charge in [-0.1, -0.05) is 6.92 Å². The van der Waals surface area contributed by atoms with E-state index in [4.69, 9.17) is 14.6 Å². The lowest BCUT2D eigenvalue weighted by atomic mass is 9.98. The lowest BCUT2D eigenvalue weighted by Crippen LogP contribution is -2.54. The van der Waals surface area contributed by atoms with Gasteiger partial charge in [0.15, 0.2) is 0 Å². The van der Waals surface area contributed by atoms with Gasteiger partial charge in [-0.2, -0.15) is 0 Å². The fraction of sp³-hybridized carbons (Fsp3) is 0.923. The van der Waals surface area contributed by atoms with Crippen molar-refractivity contribution < 1.29 is 24.5 Å². The van der Waals surface area contributed by atoms with Crippen molar-refractivity contribution in [3.63, 3.8) is 0 Å². The van der Waals surface area contributed by atoms with E-state index in [-0.39, 0.29) is 18.1 Å². The van der Waals surface area contributed by atoms with Gasteiger partial charge in [0, 0.05) is 14.0 Å². The minimum atomic E-state index is -1.06. The number of carbonyl (C=O) groups excluding carboxylic acids is 1. The van der Waals surface area contributed by atoms with Crippen LogP contribution >= 0.6 is 0 Å². The van der Waals surface area contributed by atoms with Crippen LogP contribution in [0.15, 0.2) is 0 Å². The van der Waals surface area contributed by atoms with Crippen LogP contribution in [-0.2, 0) is 14.3 Å². The van der Waals surface area contributed by atoms with E-state index >= 15 is 0 Å². The van der Waals surface area contributed by atoms with E-state index in [1.165, 1.54) is 14.0 Å². The maximum Gasteiger partial charge on any atom is 0.217 e. The molecule has 0 heterocycles. The number of carbonyl (C=O) groups is 1. The summed E-state index contributed by atoms with van der Waals surface area (Å²) in [4.78, 5) is 11.2. The average molecular weight is 277 g/mol. The number of methoxy groups -OCH3 is 1. The van der Waals surface area contributed by atoms with Crippen LogP contribution in [0.4, 0.5) is 0 Å². The third kappa shape index (κ3) is 6.33. The molecule has 0 aliphatic heterocycles. The predicted octanol–water partition coefficient (Wildman–Crippen LogP) is 0.0629. The monoisotopic (exact) mass is 277 g/mol. The zero-order chi connectivity index (χ0) is 15.0. The first kappa shape index (κ1) is 18.3. The summed E-state index contributed by atoms with van der Waals surface area (Å²) in [6.45, 7) is 6.58. The smallest absolute Gasteiger partial charge is 0.217 e. The van der Waals surface area contributed by atoms with Gasteiger partial charge in [-0.25, -0.2) is 0 Å². The van der Waals surface area contributed by atoms with E-state index in [1.54, 1.807) is 0 Å². The van der Waals surface area contributed by atoms with Crippen LogP contribution in [0.3, 0.4) is 0 Å². The van der Waals surface area contributed by atoms with Crippen molar-refractivity contribution in [1.82, 2.24) is 5.32 Å². The van der Waals surface area contributed by atoms with Crippen molar-refractivity contribution in [3.8, 4) is 0 Å². The van der Waals surface area contributed by atoms with Gasteiger partial charge in [0.1, 0.15) is 18.3 Å². The Balaban J connectivity index is 5.01. The zero-order valence-corrected chi connectivity index (χ0v) is 12.4. The van der Waals surface area contributed by atoms with Crippen LogP contribution in [0.2, 0.25) is 0 Å². The zero-order valence-electron chi connectivity index (χ0n) is 12.4. The van der Waals surface area contributed by atoms with Gasteiger partial charge in [0.25, 0.3) is 0 Å². The molecule has 0 aromatic heterocycles. The molecule has 0 rings (SSSR count). The highest BCUT2D eigenvalue weighted by atomic mass is 16.6. The average Bonchev–Trinajstić information content (AvgIpc) is 2.35. The molecule has 0 radical (unpaired) electrons. The molecule has 6 heteroatoms.